The molecule has 2 aromatic heterocycles. The van der Waals surface area contributed by atoms with E-state index in [2.05, 4.69) is 20.3 Å². The maximum Gasteiger partial charge on any atom is 0.410 e. The van der Waals surface area contributed by atoms with Gasteiger partial charge in [-0.25, -0.2) is 19.7 Å². The molecule has 0 unspecified atom stereocenters. The van der Waals surface area contributed by atoms with Crippen molar-refractivity contribution in [3.63, 3.8) is 0 Å². The molecule has 8 heteroatoms. The van der Waals surface area contributed by atoms with Crippen LogP contribution < -0.4 is 5.32 Å². The number of rotatable bonds is 5. The van der Waals surface area contributed by atoms with Crippen molar-refractivity contribution in [3.05, 3.63) is 34.2 Å². The standard InChI is InChI=1S/C23H29N5O2S/c29-22(30-10-18-11-31-14-27-18)28-2-1-19-20(9-28)25-13-26-21(19)24-12-23-6-15-3-16(7-23)5-17(4-15)8-23/h11,13-17H,1-10,12H2,(H,24,25,26). The number of nitrogens with one attached hydrogen (secondary N) is 1. The van der Waals surface area contributed by atoms with E-state index in [9.17, 15) is 4.79 Å². The highest BCUT2D eigenvalue weighted by atomic mass is 32.1. The summed E-state index contributed by atoms with van der Waals surface area (Å²) in [4.78, 5) is 27.5. The number of carbonyl (C=O) groups excluding carboxylic acids is 1. The summed E-state index contributed by atoms with van der Waals surface area (Å²) in [6, 6.07) is 0. The van der Waals surface area contributed by atoms with E-state index in [0.717, 1.165) is 53.5 Å². The minimum absolute atomic E-state index is 0.216. The van der Waals surface area contributed by atoms with Crippen LogP contribution in [-0.4, -0.2) is 39.0 Å². The van der Waals surface area contributed by atoms with E-state index in [4.69, 9.17) is 4.74 Å². The van der Waals surface area contributed by atoms with Crippen molar-refractivity contribution in [2.45, 2.75) is 58.1 Å². The van der Waals surface area contributed by atoms with Crippen LogP contribution in [0.3, 0.4) is 0 Å². The van der Waals surface area contributed by atoms with Gasteiger partial charge >= 0.3 is 6.09 Å². The Bertz CT molecular complexity index is 928. The zero-order valence-electron chi connectivity index (χ0n) is 17.8. The summed E-state index contributed by atoms with van der Waals surface area (Å²) in [6.07, 6.45) is 10.6. The molecule has 164 valence electrons. The molecule has 0 spiro atoms. The number of amides is 1. The first-order valence-corrected chi connectivity index (χ1v) is 12.5. The molecular formula is C23H29N5O2S. The van der Waals surface area contributed by atoms with Gasteiger partial charge in [-0.2, -0.15) is 0 Å². The van der Waals surface area contributed by atoms with Crippen molar-refractivity contribution in [3.8, 4) is 0 Å². The molecule has 0 radical (unpaired) electrons. The fourth-order valence-corrected chi connectivity index (χ4v) is 7.52. The van der Waals surface area contributed by atoms with Gasteiger partial charge in [-0.1, -0.05) is 0 Å². The Hall–Kier alpha value is -2.22. The SMILES string of the molecule is O=C(OCc1cscn1)N1CCc2c(ncnc2NCC23CC4CC(CC(C4)C2)C3)C1. The van der Waals surface area contributed by atoms with Gasteiger partial charge in [-0.3, -0.25) is 0 Å². The lowest BCUT2D eigenvalue weighted by molar-refractivity contribution is -0.0444. The van der Waals surface area contributed by atoms with E-state index in [1.54, 1.807) is 16.7 Å². The van der Waals surface area contributed by atoms with Gasteiger partial charge in [0.25, 0.3) is 0 Å². The van der Waals surface area contributed by atoms with Crippen LogP contribution in [0.15, 0.2) is 17.2 Å². The van der Waals surface area contributed by atoms with Crippen LogP contribution in [0.4, 0.5) is 10.6 Å². The monoisotopic (exact) mass is 439 g/mol. The highest BCUT2D eigenvalue weighted by Crippen LogP contribution is 2.59. The van der Waals surface area contributed by atoms with Crippen molar-refractivity contribution >= 4 is 23.2 Å². The summed E-state index contributed by atoms with van der Waals surface area (Å²) >= 11 is 1.50. The largest absolute Gasteiger partial charge is 0.443 e. The van der Waals surface area contributed by atoms with Crippen LogP contribution in [0.25, 0.3) is 0 Å². The molecule has 0 saturated heterocycles. The summed E-state index contributed by atoms with van der Waals surface area (Å²) in [5, 5.41) is 5.62. The normalized spacial score (nSPS) is 30.8. The quantitative estimate of drug-likeness (QED) is 0.750. The zero-order valence-corrected chi connectivity index (χ0v) is 18.6. The molecule has 4 bridgehead atoms. The molecule has 2 aromatic rings. The third-order valence-electron chi connectivity index (χ3n) is 7.89. The van der Waals surface area contributed by atoms with Crippen LogP contribution in [0.1, 0.15) is 55.5 Å². The molecule has 0 atom stereocenters. The summed E-state index contributed by atoms with van der Waals surface area (Å²) in [7, 11) is 0. The fourth-order valence-electron chi connectivity index (χ4n) is 6.98. The number of nitrogens with zero attached hydrogens (tertiary/aromatic N) is 4. The van der Waals surface area contributed by atoms with Crippen LogP contribution in [0.5, 0.6) is 0 Å². The lowest BCUT2D eigenvalue weighted by Gasteiger charge is -2.57. The topological polar surface area (TPSA) is 80.2 Å². The lowest BCUT2D eigenvalue weighted by Crippen LogP contribution is -2.49. The van der Waals surface area contributed by atoms with Gasteiger partial charge in [-0.15, -0.1) is 11.3 Å². The van der Waals surface area contributed by atoms with Crippen LogP contribution in [0, 0.1) is 23.2 Å². The molecule has 3 heterocycles. The second-order valence-corrected chi connectivity index (χ2v) is 10.8. The van der Waals surface area contributed by atoms with Crippen LogP contribution >= 0.6 is 11.3 Å². The number of carbonyl (C=O) groups is 1. The Kier molecular flexibility index (Phi) is 4.85. The number of aromatic nitrogens is 3. The molecule has 5 aliphatic rings. The first kappa shape index (κ1) is 19.5. The van der Waals surface area contributed by atoms with E-state index < -0.39 is 0 Å². The Morgan fingerprint density at radius 1 is 1.16 bits per heavy atom. The fraction of sp³-hybridized carbons (Fsp3) is 0.652. The molecule has 7 nitrogen and oxygen atoms in total. The van der Waals surface area contributed by atoms with E-state index in [0.29, 0.717) is 18.5 Å². The summed E-state index contributed by atoms with van der Waals surface area (Å²) < 4.78 is 5.43. The molecule has 4 saturated carbocycles. The second-order valence-electron chi connectivity index (χ2n) is 10.1. The van der Waals surface area contributed by atoms with Gasteiger partial charge < -0.3 is 15.0 Å². The average molecular weight is 440 g/mol. The summed E-state index contributed by atoms with van der Waals surface area (Å²) in [5.74, 6) is 3.83. The maximum absolute atomic E-state index is 12.5. The summed E-state index contributed by atoms with van der Waals surface area (Å²) in [5.41, 5.74) is 5.09. The van der Waals surface area contributed by atoms with Crippen molar-refractivity contribution in [2.75, 3.05) is 18.4 Å². The van der Waals surface area contributed by atoms with Gasteiger partial charge in [0, 0.05) is 24.0 Å². The van der Waals surface area contributed by atoms with Crippen molar-refractivity contribution in [1.82, 2.24) is 19.9 Å². The Balaban J connectivity index is 1.10. The lowest BCUT2D eigenvalue weighted by atomic mass is 9.49. The molecule has 1 amide bonds. The molecule has 1 N–H and O–H groups in total. The first-order valence-electron chi connectivity index (χ1n) is 11.5. The minimum Gasteiger partial charge on any atom is -0.443 e. The van der Waals surface area contributed by atoms with Gasteiger partial charge in [0.15, 0.2) is 0 Å². The van der Waals surface area contributed by atoms with Gasteiger partial charge in [0.1, 0.15) is 18.8 Å². The molecular weight excluding hydrogens is 410 g/mol. The first-order chi connectivity index (χ1) is 15.2. The molecule has 4 fully saturated rings. The van der Waals surface area contributed by atoms with Crippen LogP contribution in [-0.2, 0) is 24.3 Å². The van der Waals surface area contributed by atoms with E-state index >= 15 is 0 Å². The molecule has 7 rings (SSSR count). The Morgan fingerprint density at radius 2 is 1.94 bits per heavy atom. The van der Waals surface area contributed by atoms with E-state index in [1.807, 2.05) is 5.38 Å². The highest BCUT2D eigenvalue weighted by molar-refractivity contribution is 7.07. The number of thiazole rings is 1. The third-order valence-corrected chi connectivity index (χ3v) is 8.52. The molecule has 31 heavy (non-hydrogen) atoms. The summed E-state index contributed by atoms with van der Waals surface area (Å²) in [6.45, 7) is 2.34. The average Bonchev–Trinajstić information content (AvgIpc) is 3.28. The maximum atomic E-state index is 12.5. The number of fused-ring (bicyclic) bond motifs is 1. The third kappa shape index (κ3) is 3.79. The van der Waals surface area contributed by atoms with Crippen molar-refractivity contribution < 1.29 is 9.53 Å². The highest BCUT2D eigenvalue weighted by Gasteiger charge is 2.50. The molecule has 4 aliphatic carbocycles. The predicted octanol–water partition coefficient (Wildman–Crippen LogP) is 4.26. The van der Waals surface area contributed by atoms with Gasteiger partial charge in [-0.05, 0) is 68.1 Å². The molecule has 0 aromatic carbocycles. The van der Waals surface area contributed by atoms with E-state index in [-0.39, 0.29) is 12.7 Å². The zero-order chi connectivity index (χ0) is 20.8. The smallest absolute Gasteiger partial charge is 0.410 e. The van der Waals surface area contributed by atoms with E-state index in [1.165, 1.54) is 49.9 Å². The number of anilines is 1. The molecule has 1 aliphatic heterocycles. The Labute approximate surface area is 186 Å². The Morgan fingerprint density at radius 3 is 2.65 bits per heavy atom. The van der Waals surface area contributed by atoms with Crippen molar-refractivity contribution in [2.24, 2.45) is 23.2 Å². The predicted molar refractivity (Wildman–Crippen MR) is 118 cm³/mol. The number of hydrogen-bond acceptors (Lipinski definition) is 7. The van der Waals surface area contributed by atoms with Gasteiger partial charge in [0.2, 0.25) is 0 Å². The van der Waals surface area contributed by atoms with Crippen LogP contribution in [0.2, 0.25) is 0 Å². The number of hydrogen-bond donors (Lipinski definition) is 1. The number of ether oxygens (including phenoxy) is 1. The minimum atomic E-state index is -0.305. The second kappa shape index (κ2) is 7.73. The van der Waals surface area contributed by atoms with Crippen molar-refractivity contribution in [1.29, 1.82) is 0 Å². The van der Waals surface area contributed by atoms with Gasteiger partial charge in [0.05, 0.1) is 23.4 Å².